The van der Waals surface area contributed by atoms with E-state index in [1.165, 1.54) is 18.2 Å². The Morgan fingerprint density at radius 1 is 1.17 bits per heavy atom. The summed E-state index contributed by atoms with van der Waals surface area (Å²) in [4.78, 5) is 12.0. The zero-order valence-corrected chi connectivity index (χ0v) is 17.9. The van der Waals surface area contributed by atoms with Crippen LogP contribution in [0.2, 0.25) is 5.02 Å². The van der Waals surface area contributed by atoms with Gasteiger partial charge in [-0.3, -0.25) is 4.79 Å². The number of nitrogens with zero attached hydrogens (tertiary/aromatic N) is 1. The smallest absolute Gasteiger partial charge is 0.262 e. The van der Waals surface area contributed by atoms with Crippen molar-refractivity contribution in [3.8, 4) is 11.8 Å². The number of halogens is 3. The van der Waals surface area contributed by atoms with Crippen LogP contribution in [-0.2, 0) is 4.79 Å². The Hall–Kier alpha value is -3.14. The molecule has 0 aromatic heterocycles. The van der Waals surface area contributed by atoms with Crippen LogP contribution in [0.5, 0.6) is 5.75 Å². The molecule has 1 amide bonds. The van der Waals surface area contributed by atoms with Crippen LogP contribution in [0, 0.1) is 17.1 Å². The molecule has 0 spiro atoms. The minimum absolute atomic E-state index is 0.0784. The molecule has 1 N–H and O–H groups in total. The molecule has 0 radical (unpaired) electrons. The number of ether oxygens (including phenoxy) is 1. The van der Waals surface area contributed by atoms with Crippen LogP contribution in [0.3, 0.4) is 0 Å². The van der Waals surface area contributed by atoms with E-state index in [-0.39, 0.29) is 17.3 Å². The van der Waals surface area contributed by atoms with Crippen molar-refractivity contribution in [1.29, 1.82) is 5.26 Å². The Morgan fingerprint density at radius 3 is 2.57 bits per heavy atom. The number of nitriles is 1. The Bertz CT molecular complexity index is 1140. The fraction of sp³-hybridized carbons (Fsp3) is 0.0435. The maximum Gasteiger partial charge on any atom is 0.262 e. The molecular weight excluding hydrogens is 471 g/mol. The van der Waals surface area contributed by atoms with Crippen LogP contribution in [0.25, 0.3) is 11.6 Å². The number of hydrogen-bond acceptors (Lipinski definition) is 3. The fourth-order valence-corrected chi connectivity index (χ4v) is 3.10. The van der Waals surface area contributed by atoms with Crippen molar-refractivity contribution in [3.63, 3.8) is 0 Å². The lowest BCUT2D eigenvalue weighted by Gasteiger charge is -2.10. The van der Waals surface area contributed by atoms with E-state index < -0.39 is 11.7 Å². The molecule has 0 aliphatic heterocycles. The lowest BCUT2D eigenvalue weighted by molar-refractivity contribution is -0.118. The van der Waals surface area contributed by atoms with Crippen molar-refractivity contribution in [2.24, 2.45) is 0 Å². The van der Waals surface area contributed by atoms with E-state index in [4.69, 9.17) is 16.3 Å². The molecule has 30 heavy (non-hydrogen) atoms. The Morgan fingerprint density at radius 2 is 1.90 bits per heavy atom. The summed E-state index contributed by atoms with van der Waals surface area (Å²) in [6, 6.07) is 20.4. The molecule has 0 unspecified atom stereocenters. The van der Waals surface area contributed by atoms with Crippen LogP contribution >= 0.6 is 27.5 Å². The van der Waals surface area contributed by atoms with Gasteiger partial charge in [0, 0.05) is 4.47 Å². The first-order valence-electron chi connectivity index (χ1n) is 8.81. The minimum atomic E-state index is -0.529. The molecule has 3 aromatic rings. The van der Waals surface area contributed by atoms with Gasteiger partial charge in [0.1, 0.15) is 11.6 Å². The minimum Gasteiger partial charge on any atom is -0.482 e. The predicted molar refractivity (Wildman–Crippen MR) is 120 cm³/mol. The summed E-state index contributed by atoms with van der Waals surface area (Å²) in [6.45, 7) is -0.328. The molecule has 0 fully saturated rings. The summed E-state index contributed by atoms with van der Waals surface area (Å²) < 4.78 is 20.0. The number of hydrogen-bond donors (Lipinski definition) is 1. The van der Waals surface area contributed by atoms with Crippen molar-refractivity contribution in [2.45, 2.75) is 0 Å². The van der Waals surface area contributed by atoms with Gasteiger partial charge >= 0.3 is 0 Å². The third-order valence-corrected chi connectivity index (χ3v) is 4.87. The number of anilines is 1. The van der Waals surface area contributed by atoms with Gasteiger partial charge in [-0.25, -0.2) is 4.39 Å². The van der Waals surface area contributed by atoms with Crippen molar-refractivity contribution < 1.29 is 13.9 Å². The largest absolute Gasteiger partial charge is 0.482 e. The van der Waals surface area contributed by atoms with E-state index >= 15 is 0 Å². The molecule has 4 nitrogen and oxygen atoms in total. The van der Waals surface area contributed by atoms with E-state index in [0.29, 0.717) is 16.9 Å². The second kappa shape index (κ2) is 10.1. The highest BCUT2D eigenvalue weighted by atomic mass is 79.9. The lowest BCUT2D eigenvalue weighted by atomic mass is 10.0. The van der Waals surface area contributed by atoms with Gasteiger partial charge in [0.15, 0.2) is 6.61 Å². The van der Waals surface area contributed by atoms with E-state index in [2.05, 4.69) is 27.3 Å². The topological polar surface area (TPSA) is 62.1 Å². The summed E-state index contributed by atoms with van der Waals surface area (Å²) in [5, 5.41) is 12.2. The van der Waals surface area contributed by atoms with Gasteiger partial charge in [-0.1, -0.05) is 57.9 Å². The number of allylic oxidation sites excluding steroid dienone is 1. The maximum atomic E-state index is 13.6. The number of benzene rings is 3. The molecule has 7 heteroatoms. The molecule has 0 heterocycles. The standard InChI is InChI=1S/C23H15BrClFN2O2/c24-18-8-6-16(7-9-18)17(13-27)11-15-5-10-22(19(25)12-15)30-14-23(29)28-21-4-2-1-3-20(21)26/h1-12H,14H2,(H,28,29). The van der Waals surface area contributed by atoms with Crippen molar-refractivity contribution >= 4 is 50.8 Å². The second-order valence-corrected chi connectivity index (χ2v) is 7.51. The SMILES string of the molecule is N#CC(=Cc1ccc(OCC(=O)Nc2ccccc2F)c(Cl)c1)c1ccc(Br)cc1. The number of carbonyl (C=O) groups excluding carboxylic acids is 1. The van der Waals surface area contributed by atoms with E-state index in [1.807, 2.05) is 24.3 Å². The average molecular weight is 486 g/mol. The molecular formula is C23H15BrClFN2O2. The second-order valence-electron chi connectivity index (χ2n) is 6.18. The van der Waals surface area contributed by atoms with Crippen LogP contribution in [0.4, 0.5) is 10.1 Å². The third-order valence-electron chi connectivity index (χ3n) is 4.05. The number of rotatable bonds is 6. The normalized spacial score (nSPS) is 10.9. The van der Waals surface area contributed by atoms with Crippen LogP contribution < -0.4 is 10.1 Å². The number of para-hydroxylation sites is 1. The zero-order chi connectivity index (χ0) is 21.5. The molecule has 0 atom stereocenters. The highest BCUT2D eigenvalue weighted by molar-refractivity contribution is 9.10. The molecule has 150 valence electrons. The number of carbonyl (C=O) groups is 1. The average Bonchev–Trinajstić information content (AvgIpc) is 2.74. The highest BCUT2D eigenvalue weighted by Crippen LogP contribution is 2.28. The van der Waals surface area contributed by atoms with Gasteiger partial charge < -0.3 is 10.1 Å². The maximum absolute atomic E-state index is 13.6. The molecule has 0 aliphatic rings. The fourth-order valence-electron chi connectivity index (χ4n) is 2.59. The quantitative estimate of drug-likeness (QED) is 0.328. The van der Waals surface area contributed by atoms with Gasteiger partial charge in [0.05, 0.1) is 22.4 Å². The first-order valence-corrected chi connectivity index (χ1v) is 9.98. The van der Waals surface area contributed by atoms with E-state index in [0.717, 1.165) is 10.0 Å². The monoisotopic (exact) mass is 484 g/mol. The third kappa shape index (κ3) is 5.69. The molecule has 0 saturated heterocycles. The number of nitrogens with one attached hydrogen (secondary N) is 1. The van der Waals surface area contributed by atoms with Crippen LogP contribution in [0.15, 0.2) is 71.2 Å². The van der Waals surface area contributed by atoms with Crippen molar-refractivity contribution in [3.05, 3.63) is 93.2 Å². The summed E-state index contributed by atoms with van der Waals surface area (Å²) >= 11 is 9.62. The molecule has 3 aromatic carbocycles. The van der Waals surface area contributed by atoms with Crippen LogP contribution in [0.1, 0.15) is 11.1 Å². The van der Waals surface area contributed by atoms with Gasteiger partial charge in [0.2, 0.25) is 0 Å². The Balaban J connectivity index is 1.67. The Labute approximate surface area is 186 Å². The number of amides is 1. The first-order chi connectivity index (χ1) is 14.5. The van der Waals surface area contributed by atoms with E-state index in [1.54, 1.807) is 30.3 Å². The van der Waals surface area contributed by atoms with Crippen LogP contribution in [-0.4, -0.2) is 12.5 Å². The lowest BCUT2D eigenvalue weighted by Crippen LogP contribution is -2.20. The molecule has 0 aliphatic carbocycles. The summed E-state index contributed by atoms with van der Waals surface area (Å²) in [6.07, 6.45) is 1.71. The Kier molecular flexibility index (Phi) is 7.23. The van der Waals surface area contributed by atoms with Gasteiger partial charge in [0.25, 0.3) is 5.91 Å². The molecule has 0 bridgehead atoms. The van der Waals surface area contributed by atoms with Gasteiger partial charge in [-0.2, -0.15) is 5.26 Å². The zero-order valence-electron chi connectivity index (χ0n) is 15.5. The predicted octanol–water partition coefficient (Wildman–Crippen LogP) is 6.32. The molecule has 3 rings (SSSR count). The highest BCUT2D eigenvalue weighted by Gasteiger charge is 2.10. The summed E-state index contributed by atoms with van der Waals surface area (Å²) in [7, 11) is 0. The van der Waals surface area contributed by atoms with E-state index in [9.17, 15) is 14.4 Å². The van der Waals surface area contributed by atoms with Crippen molar-refractivity contribution in [1.82, 2.24) is 0 Å². The molecule has 0 saturated carbocycles. The first kappa shape index (κ1) is 21.6. The summed E-state index contributed by atoms with van der Waals surface area (Å²) in [5.41, 5.74) is 2.05. The summed E-state index contributed by atoms with van der Waals surface area (Å²) in [5.74, 6) is -0.735. The van der Waals surface area contributed by atoms with Crippen molar-refractivity contribution in [2.75, 3.05) is 11.9 Å². The van der Waals surface area contributed by atoms with Gasteiger partial charge in [-0.15, -0.1) is 0 Å². The van der Waals surface area contributed by atoms with Gasteiger partial charge in [-0.05, 0) is 53.6 Å².